The third kappa shape index (κ3) is 3.88. The maximum absolute atomic E-state index is 13.0. The summed E-state index contributed by atoms with van der Waals surface area (Å²) in [5.41, 5.74) is 1.63. The lowest BCUT2D eigenvalue weighted by atomic mass is 10.1. The van der Waals surface area contributed by atoms with E-state index >= 15 is 0 Å². The molecule has 0 unspecified atom stereocenters. The summed E-state index contributed by atoms with van der Waals surface area (Å²) in [7, 11) is 0. The largest absolute Gasteiger partial charge is 0.371 e. The van der Waals surface area contributed by atoms with Gasteiger partial charge in [0.1, 0.15) is 5.82 Å². The maximum atomic E-state index is 13.0. The van der Waals surface area contributed by atoms with Gasteiger partial charge in [-0.15, -0.1) is 0 Å². The number of rotatable bonds is 2. The first-order chi connectivity index (χ1) is 6.37. The monoisotopic (exact) mass is 196 g/mol. The van der Waals surface area contributed by atoms with Gasteiger partial charge in [-0.3, -0.25) is 0 Å². The van der Waals surface area contributed by atoms with Crippen LogP contribution in [0.4, 0.5) is 4.39 Å². The van der Waals surface area contributed by atoms with Crippen LogP contribution in [0.3, 0.4) is 0 Å². The Hall–Kier alpha value is -0.890. The van der Waals surface area contributed by atoms with Crippen LogP contribution in [0, 0.1) is 12.7 Å². The highest BCUT2D eigenvalue weighted by Gasteiger charge is 2.10. The number of hydrogen-bond acceptors (Lipinski definition) is 1. The maximum Gasteiger partial charge on any atom is 0.123 e. The highest BCUT2D eigenvalue weighted by Crippen LogP contribution is 2.14. The summed E-state index contributed by atoms with van der Waals surface area (Å²) in [6, 6.07) is 4.97. The standard InChI is InChI=1S/C12H17FO/c1-9-5-10(7-11(13)6-9)8-14-12(2,3)4/h5-7H,8H2,1-4H3. The molecule has 0 aromatic heterocycles. The van der Waals surface area contributed by atoms with Crippen molar-refractivity contribution in [3.63, 3.8) is 0 Å². The van der Waals surface area contributed by atoms with Gasteiger partial charge in [-0.25, -0.2) is 4.39 Å². The number of halogens is 1. The van der Waals surface area contributed by atoms with Gasteiger partial charge in [0.25, 0.3) is 0 Å². The SMILES string of the molecule is Cc1cc(F)cc(COC(C)(C)C)c1. The number of benzene rings is 1. The fourth-order valence-electron chi connectivity index (χ4n) is 1.20. The molecule has 0 aliphatic heterocycles. The van der Waals surface area contributed by atoms with Crippen molar-refractivity contribution in [3.05, 3.63) is 35.1 Å². The molecule has 78 valence electrons. The molecule has 0 spiro atoms. The minimum Gasteiger partial charge on any atom is -0.371 e. The zero-order chi connectivity index (χ0) is 10.8. The molecule has 2 heteroatoms. The third-order valence-electron chi connectivity index (χ3n) is 1.77. The Morgan fingerprint density at radius 3 is 2.36 bits per heavy atom. The van der Waals surface area contributed by atoms with Crippen LogP contribution in [-0.2, 0) is 11.3 Å². The van der Waals surface area contributed by atoms with Crippen LogP contribution in [0.15, 0.2) is 18.2 Å². The number of hydrogen-bond donors (Lipinski definition) is 0. The van der Waals surface area contributed by atoms with Crippen LogP contribution in [0.2, 0.25) is 0 Å². The second-order valence-corrected chi connectivity index (χ2v) is 4.54. The highest BCUT2D eigenvalue weighted by atomic mass is 19.1. The Morgan fingerprint density at radius 1 is 1.21 bits per heavy atom. The zero-order valence-corrected chi connectivity index (χ0v) is 9.23. The molecule has 1 aromatic carbocycles. The molecule has 0 fully saturated rings. The van der Waals surface area contributed by atoms with E-state index in [1.807, 2.05) is 33.8 Å². The molecule has 0 saturated heterocycles. The predicted molar refractivity (Wildman–Crippen MR) is 55.7 cm³/mol. The van der Waals surface area contributed by atoms with Crippen molar-refractivity contribution in [2.24, 2.45) is 0 Å². The van der Waals surface area contributed by atoms with Gasteiger partial charge in [-0.1, -0.05) is 6.07 Å². The molecular formula is C12H17FO. The third-order valence-corrected chi connectivity index (χ3v) is 1.77. The summed E-state index contributed by atoms with van der Waals surface area (Å²) in [5.74, 6) is -0.197. The minimum atomic E-state index is -0.197. The Labute approximate surface area is 84.9 Å². The molecule has 1 rings (SSSR count). The fraction of sp³-hybridized carbons (Fsp3) is 0.500. The Kier molecular flexibility index (Phi) is 3.27. The predicted octanol–water partition coefficient (Wildman–Crippen LogP) is 3.45. The first kappa shape index (κ1) is 11.2. The molecule has 1 aromatic rings. The average molecular weight is 196 g/mol. The molecule has 0 aliphatic rings. The zero-order valence-electron chi connectivity index (χ0n) is 9.23. The normalized spacial score (nSPS) is 11.8. The second-order valence-electron chi connectivity index (χ2n) is 4.54. The van der Waals surface area contributed by atoms with Gasteiger partial charge in [-0.05, 0) is 51.0 Å². The molecule has 0 bridgehead atoms. The quantitative estimate of drug-likeness (QED) is 0.704. The van der Waals surface area contributed by atoms with Crippen molar-refractivity contribution in [3.8, 4) is 0 Å². The van der Waals surface area contributed by atoms with Gasteiger partial charge in [-0.2, -0.15) is 0 Å². The summed E-state index contributed by atoms with van der Waals surface area (Å²) < 4.78 is 18.6. The Morgan fingerprint density at radius 2 is 1.86 bits per heavy atom. The lowest BCUT2D eigenvalue weighted by Crippen LogP contribution is -2.18. The van der Waals surface area contributed by atoms with Crippen molar-refractivity contribution in [1.82, 2.24) is 0 Å². The van der Waals surface area contributed by atoms with Gasteiger partial charge < -0.3 is 4.74 Å². The van der Waals surface area contributed by atoms with Gasteiger partial charge in [0, 0.05) is 0 Å². The summed E-state index contributed by atoms with van der Waals surface area (Å²) in [4.78, 5) is 0. The van der Waals surface area contributed by atoms with E-state index in [0.717, 1.165) is 11.1 Å². The number of ether oxygens (including phenoxy) is 1. The van der Waals surface area contributed by atoms with Crippen LogP contribution in [-0.4, -0.2) is 5.60 Å². The van der Waals surface area contributed by atoms with Crippen LogP contribution in [0.25, 0.3) is 0 Å². The summed E-state index contributed by atoms with van der Waals surface area (Å²) in [6.07, 6.45) is 0. The summed E-state index contributed by atoms with van der Waals surface area (Å²) in [6.45, 7) is 8.29. The van der Waals surface area contributed by atoms with E-state index < -0.39 is 0 Å². The van der Waals surface area contributed by atoms with Crippen LogP contribution in [0.5, 0.6) is 0 Å². The molecule has 14 heavy (non-hydrogen) atoms. The summed E-state index contributed by atoms with van der Waals surface area (Å²) >= 11 is 0. The van der Waals surface area contributed by atoms with Crippen molar-refractivity contribution < 1.29 is 9.13 Å². The molecule has 0 radical (unpaired) electrons. The van der Waals surface area contributed by atoms with E-state index in [-0.39, 0.29) is 11.4 Å². The van der Waals surface area contributed by atoms with Crippen LogP contribution < -0.4 is 0 Å². The number of aryl methyl sites for hydroxylation is 1. The van der Waals surface area contributed by atoms with Gasteiger partial charge >= 0.3 is 0 Å². The van der Waals surface area contributed by atoms with Crippen molar-refractivity contribution >= 4 is 0 Å². The first-order valence-corrected chi connectivity index (χ1v) is 4.77. The van der Waals surface area contributed by atoms with Crippen LogP contribution in [0.1, 0.15) is 31.9 Å². The molecule has 0 heterocycles. The second kappa shape index (κ2) is 4.09. The van der Waals surface area contributed by atoms with Crippen molar-refractivity contribution in [2.45, 2.75) is 39.9 Å². The average Bonchev–Trinajstić information content (AvgIpc) is 1.97. The van der Waals surface area contributed by atoms with Gasteiger partial charge in [0.2, 0.25) is 0 Å². The van der Waals surface area contributed by atoms with E-state index in [2.05, 4.69) is 0 Å². The van der Waals surface area contributed by atoms with Crippen molar-refractivity contribution in [1.29, 1.82) is 0 Å². The summed E-state index contributed by atoms with van der Waals surface area (Å²) in [5, 5.41) is 0. The molecule has 1 nitrogen and oxygen atoms in total. The molecule has 0 amide bonds. The lowest BCUT2D eigenvalue weighted by Gasteiger charge is -2.19. The van der Waals surface area contributed by atoms with E-state index in [1.165, 1.54) is 12.1 Å². The van der Waals surface area contributed by atoms with E-state index in [9.17, 15) is 4.39 Å². The molecule has 0 N–H and O–H groups in total. The molecule has 0 saturated carbocycles. The van der Waals surface area contributed by atoms with E-state index in [4.69, 9.17) is 4.74 Å². The highest BCUT2D eigenvalue weighted by molar-refractivity contribution is 5.22. The molecule has 0 atom stereocenters. The van der Waals surface area contributed by atoms with Gasteiger partial charge in [0.15, 0.2) is 0 Å². The molecule has 0 aliphatic carbocycles. The molecular weight excluding hydrogens is 179 g/mol. The van der Waals surface area contributed by atoms with Gasteiger partial charge in [0.05, 0.1) is 12.2 Å². The fourth-order valence-corrected chi connectivity index (χ4v) is 1.20. The smallest absolute Gasteiger partial charge is 0.123 e. The van der Waals surface area contributed by atoms with E-state index in [0.29, 0.717) is 6.61 Å². The van der Waals surface area contributed by atoms with Crippen molar-refractivity contribution in [2.75, 3.05) is 0 Å². The topological polar surface area (TPSA) is 9.23 Å². The van der Waals surface area contributed by atoms with E-state index in [1.54, 1.807) is 0 Å². The first-order valence-electron chi connectivity index (χ1n) is 4.77. The lowest BCUT2D eigenvalue weighted by molar-refractivity contribution is -0.0150. The Bertz CT molecular complexity index is 292. The van der Waals surface area contributed by atoms with Crippen LogP contribution >= 0.6 is 0 Å². The minimum absolute atomic E-state index is 0.180. The Balaban J connectivity index is 2.68.